The molecule has 0 radical (unpaired) electrons. The van der Waals surface area contributed by atoms with Gasteiger partial charge < -0.3 is 0 Å². The van der Waals surface area contributed by atoms with E-state index in [1.54, 1.807) is 103 Å². The fraction of sp³-hybridized carbons (Fsp3) is 1.00. The first kappa shape index (κ1) is 36.6. The summed E-state index contributed by atoms with van der Waals surface area (Å²) in [4.78, 5) is 0. The molecule has 7 rings (SSSR count). The summed E-state index contributed by atoms with van der Waals surface area (Å²) in [5, 5.41) is 0. The minimum Gasteiger partial charge on any atom is -0.0685 e. The molecule has 1 heteroatoms. The van der Waals surface area contributed by atoms with E-state index in [0.717, 1.165) is 87.6 Å². The van der Waals surface area contributed by atoms with Gasteiger partial charge in [0.1, 0.15) is 0 Å². The van der Waals surface area contributed by atoms with Crippen LogP contribution in [0.15, 0.2) is 0 Å². The highest BCUT2D eigenvalue weighted by Crippen LogP contribution is 2.70. The van der Waals surface area contributed by atoms with Crippen LogP contribution in [0.1, 0.15) is 190 Å². The second-order valence-corrected chi connectivity index (χ2v) is 27.9. The lowest BCUT2D eigenvalue weighted by Crippen LogP contribution is -2.53. The molecule has 10 unspecified atom stereocenters. The van der Waals surface area contributed by atoms with Crippen molar-refractivity contribution < 1.29 is 0 Å². The summed E-state index contributed by atoms with van der Waals surface area (Å²) < 4.78 is 0. The van der Waals surface area contributed by atoms with E-state index in [0.29, 0.717) is 10.8 Å². The first-order chi connectivity index (χ1) is 22.8. The molecular formula is C47H84Si. The molecule has 0 N–H and O–H groups in total. The molecule has 0 spiro atoms. The Morgan fingerprint density at radius 1 is 0.396 bits per heavy atom. The van der Waals surface area contributed by atoms with Crippen LogP contribution in [-0.2, 0) is 0 Å². The van der Waals surface area contributed by atoms with Gasteiger partial charge in [0.15, 0.2) is 0 Å². The first-order valence-corrected chi connectivity index (χ1v) is 25.5. The van der Waals surface area contributed by atoms with E-state index in [-0.39, 0.29) is 0 Å². The van der Waals surface area contributed by atoms with Crippen LogP contribution < -0.4 is 0 Å². The molecular weight excluding hydrogens is 593 g/mol. The summed E-state index contributed by atoms with van der Waals surface area (Å²) in [5.74, 6) is 12.7. The lowest BCUT2D eigenvalue weighted by atomic mass is 9.61. The van der Waals surface area contributed by atoms with E-state index in [1.165, 1.54) is 32.1 Å². The van der Waals surface area contributed by atoms with Gasteiger partial charge in [0.05, 0.1) is 8.07 Å². The highest BCUT2D eigenvalue weighted by Gasteiger charge is 2.64. The predicted octanol–water partition coefficient (Wildman–Crippen LogP) is 15.0. The highest BCUT2D eigenvalue weighted by molar-refractivity contribution is 6.83. The van der Waals surface area contributed by atoms with Crippen LogP contribution in [0.5, 0.6) is 0 Å². The molecule has 7 saturated carbocycles. The van der Waals surface area contributed by atoms with Crippen LogP contribution in [0.2, 0.25) is 23.2 Å². The standard InChI is InChI=1S/C47H84Si/c1-31-29-42-38(33-21-25-35(26-22-33)46(3,4)5)17-13-19-40(42)44(31)48(9,37-15-11-10-12-16-37)45-32(2)30-43-39(18-14-20-41(43)45)34-23-27-36(28-24-34)47(6,7)8/h31-45H,10-30H2,1-9H3/t31?,32?,33?,34?,35?,36?,38-,39?,40?,41?,42?,43?,44?,45?,48?/m1/s1. The third-order valence-corrected chi connectivity index (χ3v) is 26.1. The van der Waals surface area contributed by atoms with Gasteiger partial charge in [0.2, 0.25) is 0 Å². The summed E-state index contributed by atoms with van der Waals surface area (Å²) in [5.41, 5.74) is 4.47. The summed E-state index contributed by atoms with van der Waals surface area (Å²) in [6, 6.07) is 0. The van der Waals surface area contributed by atoms with Crippen molar-refractivity contribution in [2.45, 2.75) is 213 Å². The second kappa shape index (κ2) is 14.2. The third-order valence-electron chi connectivity index (χ3n) is 18.9. The average Bonchev–Trinajstić information content (AvgIpc) is 3.60. The Hall–Kier alpha value is 0.217. The molecule has 0 aromatic rings. The minimum atomic E-state index is -1.55. The van der Waals surface area contributed by atoms with E-state index in [4.69, 9.17) is 0 Å². The van der Waals surface area contributed by atoms with Gasteiger partial charge in [-0.05, 0) is 176 Å². The van der Waals surface area contributed by atoms with Crippen molar-refractivity contribution >= 4 is 8.07 Å². The lowest BCUT2D eigenvalue weighted by molar-refractivity contribution is 0.0617. The van der Waals surface area contributed by atoms with Gasteiger partial charge in [0.25, 0.3) is 0 Å². The molecule has 0 amide bonds. The zero-order valence-corrected chi connectivity index (χ0v) is 35.0. The zero-order valence-electron chi connectivity index (χ0n) is 34.0. The molecule has 7 aliphatic carbocycles. The van der Waals surface area contributed by atoms with Crippen molar-refractivity contribution in [3.8, 4) is 0 Å². The molecule has 0 aromatic carbocycles. The average molecular weight is 677 g/mol. The van der Waals surface area contributed by atoms with Gasteiger partial charge in [0, 0.05) is 0 Å². The van der Waals surface area contributed by atoms with Gasteiger partial charge in [-0.15, -0.1) is 0 Å². The Kier molecular flexibility index (Phi) is 10.8. The van der Waals surface area contributed by atoms with Crippen molar-refractivity contribution in [2.24, 2.45) is 81.8 Å². The molecule has 48 heavy (non-hydrogen) atoms. The Balaban J connectivity index is 1.14. The molecule has 0 nitrogen and oxygen atoms in total. The fourth-order valence-corrected chi connectivity index (χ4v) is 25.5. The maximum atomic E-state index is 3.16. The smallest absolute Gasteiger partial charge is 0.0609 e. The summed E-state index contributed by atoms with van der Waals surface area (Å²) in [6.07, 6.45) is 33.1. The van der Waals surface area contributed by atoms with Gasteiger partial charge >= 0.3 is 0 Å². The van der Waals surface area contributed by atoms with E-state index in [1.807, 2.05) is 0 Å². The minimum absolute atomic E-state index is 0.514. The topological polar surface area (TPSA) is 0 Å². The number of fused-ring (bicyclic) bond motifs is 2. The number of hydrogen-bond acceptors (Lipinski definition) is 0. The zero-order chi connectivity index (χ0) is 34.0. The number of hydrogen-bond donors (Lipinski definition) is 0. The first-order valence-electron chi connectivity index (χ1n) is 22.8. The molecule has 7 aliphatic rings. The Bertz CT molecular complexity index is 966. The van der Waals surface area contributed by atoms with E-state index in [9.17, 15) is 0 Å². The van der Waals surface area contributed by atoms with Crippen molar-refractivity contribution in [1.82, 2.24) is 0 Å². The van der Waals surface area contributed by atoms with Gasteiger partial charge in [-0.25, -0.2) is 0 Å². The van der Waals surface area contributed by atoms with Gasteiger partial charge in [-0.1, -0.05) is 120 Å². The van der Waals surface area contributed by atoms with E-state index >= 15 is 0 Å². The van der Waals surface area contributed by atoms with E-state index < -0.39 is 8.07 Å². The Morgan fingerprint density at radius 3 is 1.15 bits per heavy atom. The van der Waals surface area contributed by atoms with Crippen molar-refractivity contribution in [2.75, 3.05) is 0 Å². The molecule has 0 heterocycles. The van der Waals surface area contributed by atoms with Gasteiger partial charge in [-0.2, -0.15) is 0 Å². The van der Waals surface area contributed by atoms with E-state index in [2.05, 4.69) is 61.9 Å². The van der Waals surface area contributed by atoms with Crippen LogP contribution >= 0.6 is 0 Å². The van der Waals surface area contributed by atoms with Crippen LogP contribution in [0, 0.1) is 81.8 Å². The van der Waals surface area contributed by atoms with Crippen molar-refractivity contribution in [1.29, 1.82) is 0 Å². The van der Waals surface area contributed by atoms with Crippen LogP contribution in [0.4, 0.5) is 0 Å². The highest BCUT2D eigenvalue weighted by atomic mass is 28.3. The van der Waals surface area contributed by atoms with Crippen LogP contribution in [0.25, 0.3) is 0 Å². The second-order valence-electron chi connectivity index (χ2n) is 23.0. The lowest BCUT2D eigenvalue weighted by Gasteiger charge is -2.55. The molecule has 0 saturated heterocycles. The van der Waals surface area contributed by atoms with Crippen LogP contribution in [0.3, 0.4) is 0 Å². The Labute approximate surface area is 302 Å². The fourth-order valence-electron chi connectivity index (χ4n) is 16.9. The maximum Gasteiger partial charge on any atom is 0.0609 e. The molecule has 11 atom stereocenters. The maximum absolute atomic E-state index is 3.16. The molecule has 7 fully saturated rings. The Morgan fingerprint density at radius 2 is 0.771 bits per heavy atom. The largest absolute Gasteiger partial charge is 0.0685 e. The third kappa shape index (κ3) is 6.76. The molecule has 0 aliphatic heterocycles. The molecule has 276 valence electrons. The van der Waals surface area contributed by atoms with Crippen LogP contribution in [-0.4, -0.2) is 8.07 Å². The normalized spacial score (nSPS) is 47.7. The molecule has 0 aromatic heterocycles. The summed E-state index contributed by atoms with van der Waals surface area (Å²) >= 11 is 0. The predicted molar refractivity (Wildman–Crippen MR) is 212 cm³/mol. The SMILES string of the molecule is CC1CC2C(C3CCC(C(C)(C)C)CC3)CCCC2C1[Si](C)(C1CCCCC1)C1C(C)CC2C1CCC[C@@H]2C1CCC(C(C)(C)C)CC1. The number of rotatable bonds is 5. The summed E-state index contributed by atoms with van der Waals surface area (Å²) in [7, 11) is -1.55. The quantitative estimate of drug-likeness (QED) is 0.254. The van der Waals surface area contributed by atoms with Gasteiger partial charge in [-0.3, -0.25) is 0 Å². The summed E-state index contributed by atoms with van der Waals surface area (Å²) in [6.45, 7) is 24.0. The van der Waals surface area contributed by atoms with Crippen molar-refractivity contribution in [3.05, 3.63) is 0 Å². The van der Waals surface area contributed by atoms with Crippen molar-refractivity contribution in [3.63, 3.8) is 0 Å². The molecule has 0 bridgehead atoms. The monoisotopic (exact) mass is 677 g/mol.